The number of aryl methyl sites for hydroxylation is 1. The van der Waals surface area contributed by atoms with Crippen LogP contribution < -0.4 is 0 Å². The Bertz CT molecular complexity index is 447. The number of carbonyl (C=O) groups is 1. The Labute approximate surface area is 115 Å². The summed E-state index contributed by atoms with van der Waals surface area (Å²) in [6.07, 6.45) is 6.57. The highest BCUT2D eigenvalue weighted by Gasteiger charge is 2.32. The van der Waals surface area contributed by atoms with E-state index < -0.39 is 0 Å². The van der Waals surface area contributed by atoms with E-state index in [-0.39, 0.29) is 5.91 Å². The van der Waals surface area contributed by atoms with E-state index in [0.29, 0.717) is 0 Å². The lowest BCUT2D eigenvalue weighted by atomic mass is 9.95. The van der Waals surface area contributed by atoms with Crippen LogP contribution in [0, 0.1) is 18.8 Å². The average molecular weight is 257 g/mol. The van der Waals surface area contributed by atoms with Gasteiger partial charge in [0.05, 0.1) is 0 Å². The molecular formula is C17H23NO. The molecule has 1 heterocycles. The SMILES string of the molecule is Cc1ccc(C(=O)N2CCCC(C3CC3)CC2)cc1. The molecule has 1 unspecified atom stereocenters. The number of likely N-dealkylation sites (tertiary alicyclic amines) is 1. The van der Waals surface area contributed by atoms with Gasteiger partial charge in [0.15, 0.2) is 0 Å². The molecule has 1 saturated carbocycles. The van der Waals surface area contributed by atoms with Gasteiger partial charge >= 0.3 is 0 Å². The van der Waals surface area contributed by atoms with Crippen LogP contribution in [0.2, 0.25) is 0 Å². The Balaban J connectivity index is 1.64. The highest BCUT2D eigenvalue weighted by molar-refractivity contribution is 5.94. The molecule has 0 bridgehead atoms. The van der Waals surface area contributed by atoms with Crippen molar-refractivity contribution in [2.45, 2.75) is 39.0 Å². The van der Waals surface area contributed by atoms with E-state index >= 15 is 0 Å². The number of amides is 1. The Morgan fingerprint density at radius 1 is 1.00 bits per heavy atom. The fourth-order valence-corrected chi connectivity index (χ4v) is 3.24. The first kappa shape index (κ1) is 12.7. The third-order valence-corrected chi connectivity index (χ3v) is 4.65. The van der Waals surface area contributed by atoms with Gasteiger partial charge in [0, 0.05) is 18.7 Å². The van der Waals surface area contributed by atoms with Crippen molar-refractivity contribution in [2.24, 2.45) is 11.8 Å². The first-order valence-corrected chi connectivity index (χ1v) is 7.60. The summed E-state index contributed by atoms with van der Waals surface area (Å²) in [4.78, 5) is 14.5. The molecule has 102 valence electrons. The quantitative estimate of drug-likeness (QED) is 0.792. The topological polar surface area (TPSA) is 20.3 Å². The molecule has 1 atom stereocenters. The molecule has 0 aromatic heterocycles. The van der Waals surface area contributed by atoms with E-state index in [9.17, 15) is 4.79 Å². The van der Waals surface area contributed by atoms with E-state index in [2.05, 4.69) is 11.8 Å². The lowest BCUT2D eigenvalue weighted by molar-refractivity contribution is 0.0759. The molecule has 1 aromatic carbocycles. The second-order valence-electron chi connectivity index (χ2n) is 6.19. The second-order valence-corrected chi connectivity index (χ2v) is 6.19. The number of nitrogens with zero attached hydrogens (tertiary/aromatic N) is 1. The first-order chi connectivity index (χ1) is 9.24. The molecule has 3 rings (SSSR count). The fourth-order valence-electron chi connectivity index (χ4n) is 3.24. The summed E-state index contributed by atoms with van der Waals surface area (Å²) in [6.45, 7) is 3.95. The van der Waals surface area contributed by atoms with Crippen LogP contribution in [0.5, 0.6) is 0 Å². The molecule has 1 saturated heterocycles. The molecule has 2 nitrogen and oxygen atoms in total. The maximum atomic E-state index is 12.5. The van der Waals surface area contributed by atoms with Crippen molar-refractivity contribution in [1.29, 1.82) is 0 Å². The molecule has 0 radical (unpaired) electrons. The molecule has 19 heavy (non-hydrogen) atoms. The van der Waals surface area contributed by atoms with E-state index in [0.717, 1.165) is 30.5 Å². The summed E-state index contributed by atoms with van der Waals surface area (Å²) in [5.74, 6) is 2.08. The normalized spacial score (nSPS) is 24.1. The van der Waals surface area contributed by atoms with Crippen molar-refractivity contribution >= 4 is 5.91 Å². The smallest absolute Gasteiger partial charge is 0.253 e. The predicted octanol–water partition coefficient (Wildman–Crippen LogP) is 3.65. The number of rotatable bonds is 2. The van der Waals surface area contributed by atoms with Gasteiger partial charge < -0.3 is 4.90 Å². The van der Waals surface area contributed by atoms with Crippen LogP contribution >= 0.6 is 0 Å². The van der Waals surface area contributed by atoms with E-state index in [1.54, 1.807) is 0 Å². The minimum absolute atomic E-state index is 0.219. The summed E-state index contributed by atoms with van der Waals surface area (Å²) in [7, 11) is 0. The van der Waals surface area contributed by atoms with Crippen molar-refractivity contribution in [3.8, 4) is 0 Å². The second kappa shape index (κ2) is 5.36. The van der Waals surface area contributed by atoms with Crippen LogP contribution in [-0.2, 0) is 0 Å². The van der Waals surface area contributed by atoms with Gasteiger partial charge in [0.2, 0.25) is 0 Å². The Kier molecular flexibility index (Phi) is 3.58. The van der Waals surface area contributed by atoms with Crippen molar-refractivity contribution in [3.63, 3.8) is 0 Å². The number of benzene rings is 1. The van der Waals surface area contributed by atoms with Crippen molar-refractivity contribution in [1.82, 2.24) is 4.90 Å². The molecule has 2 fully saturated rings. The third kappa shape index (κ3) is 2.99. The molecule has 1 amide bonds. The molecule has 1 aliphatic carbocycles. The highest BCUT2D eigenvalue weighted by atomic mass is 16.2. The summed E-state index contributed by atoms with van der Waals surface area (Å²) in [5.41, 5.74) is 2.05. The lowest BCUT2D eigenvalue weighted by Gasteiger charge is -2.20. The van der Waals surface area contributed by atoms with Crippen LogP contribution in [0.15, 0.2) is 24.3 Å². The molecular weight excluding hydrogens is 234 g/mol. The van der Waals surface area contributed by atoms with Crippen molar-refractivity contribution in [2.75, 3.05) is 13.1 Å². The van der Waals surface area contributed by atoms with Crippen LogP contribution in [0.4, 0.5) is 0 Å². The number of hydrogen-bond acceptors (Lipinski definition) is 1. The van der Waals surface area contributed by atoms with E-state index in [4.69, 9.17) is 0 Å². The van der Waals surface area contributed by atoms with Gasteiger partial charge in [-0.2, -0.15) is 0 Å². The maximum absolute atomic E-state index is 12.5. The summed E-state index contributed by atoms with van der Waals surface area (Å²) < 4.78 is 0. The molecule has 0 spiro atoms. The van der Waals surface area contributed by atoms with Gasteiger partial charge in [0.25, 0.3) is 5.91 Å². The van der Waals surface area contributed by atoms with Gasteiger partial charge in [-0.15, -0.1) is 0 Å². The first-order valence-electron chi connectivity index (χ1n) is 7.60. The number of hydrogen-bond donors (Lipinski definition) is 0. The Morgan fingerprint density at radius 2 is 1.68 bits per heavy atom. The zero-order chi connectivity index (χ0) is 13.2. The standard InChI is InChI=1S/C17H23NO/c1-13-4-6-16(7-5-13)17(19)18-11-2-3-14(10-12-18)15-8-9-15/h4-7,14-15H,2-3,8-12H2,1H3. The van der Waals surface area contributed by atoms with Crippen LogP contribution in [0.1, 0.15) is 48.0 Å². The predicted molar refractivity (Wildman–Crippen MR) is 77.1 cm³/mol. The average Bonchev–Trinajstić information content (AvgIpc) is 3.25. The van der Waals surface area contributed by atoms with Crippen LogP contribution in [-0.4, -0.2) is 23.9 Å². The van der Waals surface area contributed by atoms with Crippen LogP contribution in [0.3, 0.4) is 0 Å². The third-order valence-electron chi connectivity index (χ3n) is 4.65. The Hall–Kier alpha value is -1.31. The van der Waals surface area contributed by atoms with E-state index in [1.165, 1.54) is 37.7 Å². The molecule has 1 aromatic rings. The number of carbonyl (C=O) groups excluding carboxylic acids is 1. The van der Waals surface area contributed by atoms with Crippen molar-refractivity contribution < 1.29 is 4.79 Å². The van der Waals surface area contributed by atoms with Gasteiger partial charge in [-0.25, -0.2) is 0 Å². The lowest BCUT2D eigenvalue weighted by Crippen LogP contribution is -2.32. The highest BCUT2D eigenvalue weighted by Crippen LogP contribution is 2.41. The Morgan fingerprint density at radius 3 is 2.37 bits per heavy atom. The molecule has 1 aliphatic heterocycles. The van der Waals surface area contributed by atoms with Gasteiger partial charge in [-0.05, 0) is 63.0 Å². The zero-order valence-corrected chi connectivity index (χ0v) is 11.8. The summed E-state index contributed by atoms with van der Waals surface area (Å²) in [5, 5.41) is 0. The van der Waals surface area contributed by atoms with Gasteiger partial charge in [-0.1, -0.05) is 17.7 Å². The van der Waals surface area contributed by atoms with E-state index in [1.807, 2.05) is 24.3 Å². The fraction of sp³-hybridized carbons (Fsp3) is 0.588. The maximum Gasteiger partial charge on any atom is 0.253 e. The molecule has 0 N–H and O–H groups in total. The van der Waals surface area contributed by atoms with Crippen molar-refractivity contribution in [3.05, 3.63) is 35.4 Å². The van der Waals surface area contributed by atoms with Gasteiger partial charge in [-0.3, -0.25) is 4.79 Å². The molecule has 2 aliphatic rings. The zero-order valence-electron chi connectivity index (χ0n) is 11.8. The molecule has 2 heteroatoms. The monoisotopic (exact) mass is 257 g/mol. The summed E-state index contributed by atoms with van der Waals surface area (Å²) in [6, 6.07) is 7.97. The summed E-state index contributed by atoms with van der Waals surface area (Å²) >= 11 is 0. The minimum atomic E-state index is 0.219. The van der Waals surface area contributed by atoms with Crippen LogP contribution in [0.25, 0.3) is 0 Å². The van der Waals surface area contributed by atoms with Gasteiger partial charge in [0.1, 0.15) is 0 Å². The minimum Gasteiger partial charge on any atom is -0.339 e. The largest absolute Gasteiger partial charge is 0.339 e.